The minimum atomic E-state index is 0.348. The predicted octanol–water partition coefficient (Wildman–Crippen LogP) is 6.34. The molecular weight excluding hydrogens is 358 g/mol. The number of thiol groups is 1. The monoisotopic (exact) mass is 385 g/mol. The van der Waals surface area contributed by atoms with E-state index in [0.29, 0.717) is 6.61 Å². The topological polar surface area (TPSA) is 33.1 Å². The van der Waals surface area contributed by atoms with Crippen LogP contribution in [0.1, 0.15) is 32.1 Å². The van der Waals surface area contributed by atoms with Crippen molar-refractivity contribution in [1.29, 1.82) is 0 Å². The lowest BCUT2D eigenvalue weighted by Crippen LogP contribution is -1.83. The zero-order chi connectivity index (χ0) is 18.5. The molecule has 0 unspecified atom stereocenters. The molecule has 0 aliphatic heterocycles. The molecule has 1 aromatic heterocycles. The van der Waals surface area contributed by atoms with Crippen LogP contribution < -0.4 is 0 Å². The van der Waals surface area contributed by atoms with Gasteiger partial charge in [0.05, 0.1) is 16.1 Å². The molecule has 0 bridgehead atoms. The van der Waals surface area contributed by atoms with Gasteiger partial charge >= 0.3 is 0 Å². The van der Waals surface area contributed by atoms with Crippen LogP contribution in [0, 0.1) is 0 Å². The summed E-state index contributed by atoms with van der Waals surface area (Å²) in [6.45, 7) is 0.348. The molecule has 0 atom stereocenters. The van der Waals surface area contributed by atoms with Crippen molar-refractivity contribution in [2.45, 2.75) is 32.1 Å². The molecule has 0 aliphatic carbocycles. The zero-order valence-corrected chi connectivity index (χ0v) is 16.8. The van der Waals surface area contributed by atoms with Gasteiger partial charge in [-0.3, -0.25) is 0 Å². The number of benzene rings is 2. The number of aliphatic hydroxyl groups is 1. The molecule has 4 heteroatoms. The zero-order valence-electron chi connectivity index (χ0n) is 15.1. The van der Waals surface area contributed by atoms with Crippen molar-refractivity contribution in [3.8, 4) is 21.7 Å². The Kier molecular flexibility index (Phi) is 10.1. The van der Waals surface area contributed by atoms with E-state index >= 15 is 0 Å². The average Bonchev–Trinajstić information content (AvgIpc) is 3.20. The highest BCUT2D eigenvalue weighted by Gasteiger charge is 2.09. The van der Waals surface area contributed by atoms with E-state index in [2.05, 4.69) is 54.0 Å². The van der Waals surface area contributed by atoms with Crippen molar-refractivity contribution in [3.63, 3.8) is 0 Å². The van der Waals surface area contributed by atoms with Crippen LogP contribution in [0.15, 0.2) is 66.2 Å². The second kappa shape index (κ2) is 12.7. The molecule has 3 aromatic rings. The third kappa shape index (κ3) is 6.94. The highest BCUT2D eigenvalue weighted by Crippen LogP contribution is 2.34. The van der Waals surface area contributed by atoms with E-state index in [1.165, 1.54) is 41.7 Å². The molecule has 0 radical (unpaired) electrons. The summed E-state index contributed by atoms with van der Waals surface area (Å²) in [5, 5.41) is 8.41. The van der Waals surface area contributed by atoms with E-state index in [1.54, 1.807) is 11.3 Å². The van der Waals surface area contributed by atoms with Crippen molar-refractivity contribution < 1.29 is 5.11 Å². The van der Waals surface area contributed by atoms with E-state index in [9.17, 15) is 0 Å². The third-order valence-corrected chi connectivity index (χ3v) is 5.16. The summed E-state index contributed by atoms with van der Waals surface area (Å²) in [6.07, 6.45) is 5.87. The molecule has 1 N–H and O–H groups in total. The second-order valence-electron chi connectivity index (χ2n) is 5.98. The fourth-order valence-corrected chi connectivity index (χ4v) is 3.64. The molecule has 2 nitrogen and oxygen atoms in total. The van der Waals surface area contributed by atoms with Gasteiger partial charge in [-0.05, 0) is 24.2 Å². The normalized spacial score (nSPS) is 10.2. The van der Waals surface area contributed by atoms with E-state index in [-0.39, 0.29) is 0 Å². The van der Waals surface area contributed by atoms with Gasteiger partial charge in [0.15, 0.2) is 0 Å². The third-order valence-electron chi connectivity index (χ3n) is 3.97. The SMILES string of the molecule is OCCCCCCCS.c1ccc(-c2ncsc2-c2ccccc2)cc1. The van der Waals surface area contributed by atoms with E-state index in [0.717, 1.165) is 17.9 Å². The number of aromatic nitrogens is 1. The van der Waals surface area contributed by atoms with Crippen LogP contribution in [0.3, 0.4) is 0 Å². The number of hydrogen-bond acceptors (Lipinski definition) is 4. The van der Waals surface area contributed by atoms with Crippen LogP contribution >= 0.6 is 24.0 Å². The standard InChI is InChI=1S/C15H11NS.C7H16OS/c1-3-7-12(8-4-1)14-15(17-11-16-14)13-9-5-2-6-10-13;8-6-4-2-1-3-5-7-9/h1-11H;8-9H,1-7H2. The number of unbranched alkanes of at least 4 members (excludes halogenated alkanes) is 4. The molecule has 138 valence electrons. The lowest BCUT2D eigenvalue weighted by Gasteiger charge is -2.02. The first kappa shape index (κ1) is 20.7. The first-order valence-corrected chi connectivity index (χ1v) is 10.6. The summed E-state index contributed by atoms with van der Waals surface area (Å²) in [4.78, 5) is 5.71. The van der Waals surface area contributed by atoms with Crippen LogP contribution in [0.25, 0.3) is 21.7 Å². The van der Waals surface area contributed by atoms with Crippen LogP contribution in [0.5, 0.6) is 0 Å². The highest BCUT2D eigenvalue weighted by atomic mass is 32.1. The summed E-state index contributed by atoms with van der Waals surface area (Å²) in [7, 11) is 0. The van der Waals surface area contributed by atoms with Crippen LogP contribution in [0.2, 0.25) is 0 Å². The average molecular weight is 386 g/mol. The molecule has 0 saturated heterocycles. The molecule has 26 heavy (non-hydrogen) atoms. The first-order chi connectivity index (χ1) is 12.9. The van der Waals surface area contributed by atoms with Crippen molar-refractivity contribution in [1.82, 2.24) is 4.98 Å². The van der Waals surface area contributed by atoms with Gasteiger partial charge in [-0.1, -0.05) is 79.9 Å². The van der Waals surface area contributed by atoms with Gasteiger partial charge < -0.3 is 5.11 Å². The molecule has 0 spiro atoms. The summed E-state index contributed by atoms with van der Waals surface area (Å²) in [5.41, 5.74) is 5.38. The number of rotatable bonds is 8. The maximum atomic E-state index is 8.41. The molecule has 0 aliphatic rings. The quantitative estimate of drug-likeness (QED) is 0.350. The van der Waals surface area contributed by atoms with Gasteiger partial charge in [0.25, 0.3) is 0 Å². The molecule has 3 rings (SSSR count). The highest BCUT2D eigenvalue weighted by molar-refractivity contribution is 7.80. The Bertz CT molecular complexity index is 653. The Balaban J connectivity index is 0.000000232. The van der Waals surface area contributed by atoms with Crippen molar-refractivity contribution in [2.24, 2.45) is 0 Å². The Hall–Kier alpha value is -1.62. The largest absolute Gasteiger partial charge is 0.396 e. The van der Waals surface area contributed by atoms with E-state index in [1.807, 2.05) is 29.8 Å². The number of aliphatic hydroxyl groups excluding tert-OH is 1. The molecule has 0 saturated carbocycles. The van der Waals surface area contributed by atoms with Crippen LogP contribution in [0.4, 0.5) is 0 Å². The minimum absolute atomic E-state index is 0.348. The lowest BCUT2D eigenvalue weighted by atomic mass is 10.1. The van der Waals surface area contributed by atoms with Gasteiger partial charge in [0.1, 0.15) is 0 Å². The summed E-state index contributed by atoms with van der Waals surface area (Å²) < 4.78 is 0. The van der Waals surface area contributed by atoms with E-state index < -0.39 is 0 Å². The predicted molar refractivity (Wildman–Crippen MR) is 117 cm³/mol. The maximum Gasteiger partial charge on any atom is 0.0890 e. The fraction of sp³-hybridized carbons (Fsp3) is 0.318. The Morgan fingerprint density at radius 3 is 1.96 bits per heavy atom. The number of hydrogen-bond donors (Lipinski definition) is 2. The molecule has 1 heterocycles. The summed E-state index contributed by atoms with van der Waals surface area (Å²) in [6, 6.07) is 20.7. The minimum Gasteiger partial charge on any atom is -0.396 e. The maximum absolute atomic E-state index is 8.41. The van der Waals surface area contributed by atoms with Crippen molar-refractivity contribution in [3.05, 3.63) is 66.2 Å². The Labute approximate surface area is 166 Å². The van der Waals surface area contributed by atoms with Crippen molar-refractivity contribution >= 4 is 24.0 Å². The van der Waals surface area contributed by atoms with Gasteiger partial charge in [-0.2, -0.15) is 12.6 Å². The second-order valence-corrected chi connectivity index (χ2v) is 7.28. The summed E-state index contributed by atoms with van der Waals surface area (Å²) in [5.74, 6) is 0.999. The van der Waals surface area contributed by atoms with E-state index in [4.69, 9.17) is 5.11 Å². The number of nitrogens with zero attached hydrogens (tertiary/aromatic N) is 1. The van der Waals surface area contributed by atoms with Crippen molar-refractivity contribution in [2.75, 3.05) is 12.4 Å². The van der Waals surface area contributed by atoms with Gasteiger partial charge in [-0.25, -0.2) is 4.98 Å². The fourth-order valence-electron chi connectivity index (χ4n) is 2.60. The Morgan fingerprint density at radius 2 is 1.35 bits per heavy atom. The molecule has 0 fully saturated rings. The lowest BCUT2D eigenvalue weighted by molar-refractivity contribution is 0.282. The molecule has 0 amide bonds. The van der Waals surface area contributed by atoms with Gasteiger partial charge in [-0.15, -0.1) is 11.3 Å². The van der Waals surface area contributed by atoms with Gasteiger partial charge in [0, 0.05) is 12.2 Å². The first-order valence-electron chi connectivity index (χ1n) is 9.13. The smallest absolute Gasteiger partial charge is 0.0890 e. The molecule has 2 aromatic carbocycles. The molecular formula is C22H27NOS2. The van der Waals surface area contributed by atoms with Crippen LogP contribution in [-0.4, -0.2) is 22.5 Å². The van der Waals surface area contributed by atoms with Gasteiger partial charge in [0.2, 0.25) is 0 Å². The summed E-state index contributed by atoms with van der Waals surface area (Å²) >= 11 is 5.78. The number of thiazole rings is 1. The Morgan fingerprint density at radius 1 is 0.769 bits per heavy atom. The van der Waals surface area contributed by atoms with Crippen LogP contribution in [-0.2, 0) is 0 Å².